The minimum absolute atomic E-state index is 0.328. The summed E-state index contributed by atoms with van der Waals surface area (Å²) in [6.07, 6.45) is 0. The zero-order valence-electron chi connectivity index (χ0n) is 13.9. The number of pyridine rings is 1. The summed E-state index contributed by atoms with van der Waals surface area (Å²) in [4.78, 5) is 11.6. The van der Waals surface area contributed by atoms with Crippen molar-refractivity contribution in [3.63, 3.8) is 0 Å². The van der Waals surface area contributed by atoms with Gasteiger partial charge in [0.1, 0.15) is 24.4 Å². The van der Waals surface area contributed by atoms with Crippen LogP contribution in [0.15, 0.2) is 54.6 Å². The van der Waals surface area contributed by atoms with Crippen LogP contribution in [0.2, 0.25) is 0 Å². The van der Waals surface area contributed by atoms with E-state index in [9.17, 15) is 9.18 Å². The second kappa shape index (κ2) is 5.02. The lowest BCUT2D eigenvalue weighted by atomic mass is 9.95. The number of ether oxygens (including phenoxy) is 1. The van der Waals surface area contributed by atoms with Crippen LogP contribution in [0.1, 0.15) is 10.4 Å². The third kappa shape index (κ3) is 1.88. The number of rotatable bonds is 1. The molecular formula is C21H14FN2O2+. The third-order valence-electron chi connectivity index (χ3n) is 4.95. The molecule has 2 N–H and O–H groups in total. The van der Waals surface area contributed by atoms with Gasteiger partial charge in [0.25, 0.3) is 0 Å². The van der Waals surface area contributed by atoms with Crippen LogP contribution in [-0.4, -0.2) is 5.91 Å². The number of nitrogens with two attached hydrogens (primary N) is 1. The van der Waals surface area contributed by atoms with Gasteiger partial charge in [-0.15, -0.1) is 0 Å². The van der Waals surface area contributed by atoms with Gasteiger partial charge < -0.3 is 10.5 Å². The van der Waals surface area contributed by atoms with Crippen LogP contribution >= 0.6 is 0 Å². The van der Waals surface area contributed by atoms with Crippen molar-refractivity contribution in [2.75, 3.05) is 0 Å². The summed E-state index contributed by atoms with van der Waals surface area (Å²) >= 11 is 0. The van der Waals surface area contributed by atoms with E-state index >= 15 is 0 Å². The van der Waals surface area contributed by atoms with Crippen LogP contribution in [-0.2, 0) is 7.05 Å². The summed E-state index contributed by atoms with van der Waals surface area (Å²) in [5.41, 5.74) is 8.27. The Kier molecular flexibility index (Phi) is 2.86. The fourth-order valence-electron chi connectivity index (χ4n) is 3.77. The number of halogens is 1. The molecule has 0 spiro atoms. The lowest BCUT2D eigenvalue weighted by molar-refractivity contribution is -0.632. The zero-order valence-corrected chi connectivity index (χ0v) is 13.9. The maximum Gasteiger partial charge on any atom is 0.248 e. The average Bonchev–Trinajstić information content (AvgIpc) is 2.64. The highest BCUT2D eigenvalue weighted by Crippen LogP contribution is 2.46. The summed E-state index contributed by atoms with van der Waals surface area (Å²) in [6, 6.07) is 15.7. The Balaban J connectivity index is 2.02. The summed E-state index contributed by atoms with van der Waals surface area (Å²) < 4.78 is 21.9. The minimum Gasteiger partial charge on any atom is -0.456 e. The van der Waals surface area contributed by atoms with Gasteiger partial charge in [0.2, 0.25) is 17.1 Å². The summed E-state index contributed by atoms with van der Waals surface area (Å²) in [5, 5.41) is 2.88. The van der Waals surface area contributed by atoms with Crippen LogP contribution in [0.3, 0.4) is 0 Å². The molecule has 0 bridgehead atoms. The van der Waals surface area contributed by atoms with Gasteiger partial charge in [0.15, 0.2) is 0 Å². The molecule has 0 saturated heterocycles. The molecule has 3 aromatic carbocycles. The van der Waals surface area contributed by atoms with Crippen LogP contribution in [0.25, 0.3) is 32.9 Å². The topological polar surface area (TPSA) is 56.2 Å². The summed E-state index contributed by atoms with van der Waals surface area (Å²) in [5.74, 6) is 0.524. The Morgan fingerprint density at radius 1 is 1.04 bits per heavy atom. The number of hydrogen-bond acceptors (Lipinski definition) is 2. The van der Waals surface area contributed by atoms with Gasteiger partial charge in [-0.3, -0.25) is 4.79 Å². The SMILES string of the molecule is C[n+]1c2c3c(cccc3c3ccc(C(N)=O)cc31)Oc1ccc(F)cc1-2. The monoisotopic (exact) mass is 345 g/mol. The van der Waals surface area contributed by atoms with Crippen molar-refractivity contribution in [3.8, 4) is 22.8 Å². The number of nitrogens with zero attached hydrogens (tertiary/aromatic N) is 1. The zero-order chi connectivity index (χ0) is 18.0. The molecule has 0 radical (unpaired) electrons. The Morgan fingerprint density at radius 3 is 2.69 bits per heavy atom. The van der Waals surface area contributed by atoms with Crippen molar-refractivity contribution in [2.45, 2.75) is 0 Å². The van der Waals surface area contributed by atoms with Crippen LogP contribution in [0.4, 0.5) is 4.39 Å². The van der Waals surface area contributed by atoms with Gasteiger partial charge >= 0.3 is 0 Å². The number of carbonyl (C=O) groups is 1. The van der Waals surface area contributed by atoms with E-state index in [0.29, 0.717) is 16.9 Å². The van der Waals surface area contributed by atoms with Crippen LogP contribution < -0.4 is 15.0 Å². The highest BCUT2D eigenvalue weighted by molar-refractivity contribution is 6.13. The van der Waals surface area contributed by atoms with Crippen molar-refractivity contribution in [1.82, 2.24) is 0 Å². The molecule has 1 amide bonds. The summed E-state index contributed by atoms with van der Waals surface area (Å²) in [6.45, 7) is 0. The van der Waals surface area contributed by atoms with E-state index in [2.05, 4.69) is 0 Å². The predicted molar refractivity (Wildman–Crippen MR) is 96.6 cm³/mol. The molecule has 126 valence electrons. The lowest BCUT2D eigenvalue weighted by Gasteiger charge is -2.20. The molecule has 0 unspecified atom stereocenters. The van der Waals surface area contributed by atoms with Gasteiger partial charge in [-0.2, -0.15) is 4.57 Å². The molecule has 0 saturated carbocycles. The molecule has 26 heavy (non-hydrogen) atoms. The van der Waals surface area contributed by atoms with E-state index in [4.69, 9.17) is 10.5 Å². The number of amides is 1. The van der Waals surface area contributed by atoms with Crippen molar-refractivity contribution in [1.29, 1.82) is 0 Å². The number of carbonyl (C=O) groups excluding carboxylic acids is 1. The van der Waals surface area contributed by atoms with Crippen LogP contribution in [0.5, 0.6) is 11.5 Å². The molecule has 5 rings (SSSR count). The first kappa shape index (κ1) is 14.8. The lowest BCUT2D eigenvalue weighted by Crippen LogP contribution is -2.33. The normalized spacial score (nSPS) is 12.1. The molecule has 5 heteroatoms. The quantitative estimate of drug-likeness (QED) is 0.371. The van der Waals surface area contributed by atoms with E-state index in [-0.39, 0.29) is 5.82 Å². The fraction of sp³-hybridized carbons (Fsp3) is 0.0476. The van der Waals surface area contributed by atoms with Crippen molar-refractivity contribution >= 4 is 27.6 Å². The smallest absolute Gasteiger partial charge is 0.248 e. The molecule has 1 aromatic heterocycles. The van der Waals surface area contributed by atoms with Gasteiger partial charge in [-0.05, 0) is 36.4 Å². The van der Waals surface area contributed by atoms with E-state index < -0.39 is 5.91 Å². The maximum atomic E-state index is 13.9. The molecule has 0 atom stereocenters. The van der Waals surface area contributed by atoms with E-state index in [1.165, 1.54) is 12.1 Å². The Labute approximate surface area is 148 Å². The molecule has 0 fully saturated rings. The Bertz CT molecular complexity index is 1260. The fourth-order valence-corrected chi connectivity index (χ4v) is 3.77. The molecule has 1 aliphatic heterocycles. The van der Waals surface area contributed by atoms with Gasteiger partial charge in [-0.1, -0.05) is 12.1 Å². The molecular weight excluding hydrogens is 331 g/mol. The highest BCUT2D eigenvalue weighted by Gasteiger charge is 2.30. The second-order valence-corrected chi connectivity index (χ2v) is 6.43. The summed E-state index contributed by atoms with van der Waals surface area (Å²) in [7, 11) is 1.90. The number of fused-ring (bicyclic) bond motifs is 4. The Hall–Kier alpha value is -3.47. The first-order chi connectivity index (χ1) is 12.5. The number of hydrogen-bond donors (Lipinski definition) is 1. The molecule has 4 aromatic rings. The number of primary amides is 1. The van der Waals surface area contributed by atoms with Crippen molar-refractivity contribution in [3.05, 3.63) is 66.0 Å². The standard InChI is InChI=1S/C21H13FN2O2/c1-24-16-9-11(21(23)25)5-7-13(16)14-3-2-4-18-19(14)20(24)15-10-12(22)6-8-17(15)26-18/h2-10H,1H3,(H-,23,25)/p+1. The first-order valence-electron chi connectivity index (χ1n) is 8.20. The highest BCUT2D eigenvalue weighted by atomic mass is 19.1. The number of aromatic nitrogens is 1. The number of aryl methyl sites for hydroxylation is 1. The molecule has 0 aliphatic carbocycles. The second-order valence-electron chi connectivity index (χ2n) is 6.43. The minimum atomic E-state index is -0.482. The maximum absolute atomic E-state index is 13.9. The molecule has 2 heterocycles. The third-order valence-corrected chi connectivity index (χ3v) is 4.95. The predicted octanol–water partition coefficient (Wildman–Crippen LogP) is 3.83. The molecule has 4 nitrogen and oxygen atoms in total. The van der Waals surface area contributed by atoms with Gasteiger partial charge in [0.05, 0.1) is 16.3 Å². The van der Waals surface area contributed by atoms with Gasteiger partial charge in [0, 0.05) is 17.0 Å². The van der Waals surface area contributed by atoms with E-state index in [1.54, 1.807) is 18.2 Å². The number of benzene rings is 3. The molecule has 1 aliphatic rings. The van der Waals surface area contributed by atoms with Gasteiger partial charge in [-0.25, -0.2) is 4.39 Å². The largest absolute Gasteiger partial charge is 0.456 e. The Morgan fingerprint density at radius 2 is 1.88 bits per heavy atom. The first-order valence-corrected chi connectivity index (χ1v) is 8.20. The van der Waals surface area contributed by atoms with E-state index in [1.807, 2.05) is 35.9 Å². The average molecular weight is 345 g/mol. The van der Waals surface area contributed by atoms with Crippen molar-refractivity contribution < 1.29 is 18.5 Å². The van der Waals surface area contributed by atoms with E-state index in [0.717, 1.165) is 33.1 Å². The van der Waals surface area contributed by atoms with Crippen molar-refractivity contribution in [2.24, 2.45) is 12.8 Å². The van der Waals surface area contributed by atoms with Crippen LogP contribution in [0, 0.1) is 5.82 Å².